The Kier molecular flexibility index (Phi) is 5.09. The summed E-state index contributed by atoms with van der Waals surface area (Å²) in [6.45, 7) is 2.68. The normalized spacial score (nSPS) is 35.0. The number of nitrogens with two attached hydrogens (primary N) is 1. The number of likely N-dealkylation sites (tertiary alicyclic amines) is 1. The second-order valence-corrected chi connectivity index (χ2v) is 11.2. The number of nitrogens with one attached hydrogen (secondary N) is 3. The van der Waals surface area contributed by atoms with E-state index in [0.717, 1.165) is 80.7 Å². The van der Waals surface area contributed by atoms with E-state index in [4.69, 9.17) is 10.7 Å². The van der Waals surface area contributed by atoms with Crippen molar-refractivity contribution in [3.05, 3.63) is 35.9 Å². The second kappa shape index (κ2) is 8.01. The van der Waals surface area contributed by atoms with Gasteiger partial charge in [0, 0.05) is 30.6 Å². The zero-order chi connectivity index (χ0) is 22.6. The van der Waals surface area contributed by atoms with Gasteiger partial charge in [0.05, 0.1) is 18.6 Å². The van der Waals surface area contributed by atoms with E-state index in [1.807, 2.05) is 22.7 Å². The molecule has 3 heterocycles. The Bertz CT molecular complexity index is 1030. The summed E-state index contributed by atoms with van der Waals surface area (Å²) >= 11 is 0. The van der Waals surface area contributed by atoms with E-state index in [9.17, 15) is 9.59 Å². The van der Waals surface area contributed by atoms with Crippen molar-refractivity contribution in [1.82, 2.24) is 20.0 Å². The summed E-state index contributed by atoms with van der Waals surface area (Å²) in [6.07, 6.45) is 11.3. The number of fused-ring (bicyclic) bond motifs is 1. The zero-order valence-electron chi connectivity index (χ0n) is 19.2. The van der Waals surface area contributed by atoms with Crippen molar-refractivity contribution in [2.75, 3.05) is 13.1 Å². The molecule has 3 amide bonds. The van der Waals surface area contributed by atoms with Crippen LogP contribution in [-0.2, 0) is 6.54 Å². The fourth-order valence-electron chi connectivity index (χ4n) is 7.74. The minimum atomic E-state index is -0.446. The Morgan fingerprint density at radius 2 is 1.76 bits per heavy atom. The number of primary amides is 1. The number of hydrogen-bond acceptors (Lipinski definition) is 3. The van der Waals surface area contributed by atoms with E-state index >= 15 is 0 Å². The number of nitrogens with zero attached hydrogens (tertiary/aromatic N) is 2. The summed E-state index contributed by atoms with van der Waals surface area (Å²) in [5.41, 5.74) is 7.24. The first-order valence-electron chi connectivity index (χ1n) is 12.6. The van der Waals surface area contributed by atoms with Gasteiger partial charge in [-0.3, -0.25) is 9.20 Å². The van der Waals surface area contributed by atoms with Gasteiger partial charge in [-0.05, 0) is 68.4 Å². The number of piperidine rings is 1. The standard InChI is InChI=1S/C25H34N6O2/c26-24(33)27-19-4-7-30(8-5-19)15-20-21-3-1-2-6-31(21)22(28-20)23(32)29-25-12-16-9-17(13-25)11-18(10-16)14-25/h1-3,6,16-19H,4-5,7-15H2,(H,29,32)(H3,26,27,33)/p+1. The molecule has 4 saturated carbocycles. The molecule has 0 radical (unpaired) electrons. The summed E-state index contributed by atoms with van der Waals surface area (Å²) in [6, 6.07) is 5.75. The number of pyridine rings is 1. The maximum atomic E-state index is 13.5. The van der Waals surface area contributed by atoms with Crippen molar-refractivity contribution < 1.29 is 14.5 Å². The van der Waals surface area contributed by atoms with Crippen LogP contribution in [-0.4, -0.2) is 46.0 Å². The van der Waals surface area contributed by atoms with Crippen molar-refractivity contribution in [3.8, 4) is 0 Å². The first-order chi connectivity index (χ1) is 16.0. The molecule has 2 aromatic heterocycles. The molecular formula is C25H35N6O2+. The number of carbonyl (C=O) groups excluding carboxylic acids is 2. The average Bonchev–Trinajstić information content (AvgIpc) is 3.12. The molecule has 2 aromatic rings. The van der Waals surface area contributed by atoms with Gasteiger partial charge >= 0.3 is 6.03 Å². The van der Waals surface area contributed by atoms with Gasteiger partial charge in [-0.1, -0.05) is 6.07 Å². The molecule has 0 unspecified atom stereocenters. The van der Waals surface area contributed by atoms with Crippen LogP contribution >= 0.6 is 0 Å². The minimum absolute atomic E-state index is 0.0207. The first kappa shape index (κ1) is 21.0. The number of aromatic nitrogens is 2. The van der Waals surface area contributed by atoms with E-state index in [2.05, 4.69) is 16.7 Å². The van der Waals surface area contributed by atoms with Crippen LogP contribution in [0.3, 0.4) is 0 Å². The van der Waals surface area contributed by atoms with Gasteiger partial charge in [0.2, 0.25) is 5.82 Å². The molecule has 1 aliphatic heterocycles. The molecule has 176 valence electrons. The Morgan fingerprint density at radius 3 is 2.39 bits per heavy atom. The van der Waals surface area contributed by atoms with Crippen molar-refractivity contribution in [2.45, 2.75) is 69.5 Å². The Hall–Kier alpha value is -2.61. The maximum absolute atomic E-state index is 13.5. The van der Waals surface area contributed by atoms with Crippen LogP contribution in [0.25, 0.3) is 5.52 Å². The molecule has 4 bridgehead atoms. The van der Waals surface area contributed by atoms with Gasteiger partial charge in [0.25, 0.3) is 5.91 Å². The Labute approximate surface area is 194 Å². The van der Waals surface area contributed by atoms with Crippen LogP contribution < -0.4 is 21.3 Å². The Balaban J connectivity index is 1.19. The van der Waals surface area contributed by atoms with Crippen molar-refractivity contribution >= 4 is 17.5 Å². The van der Waals surface area contributed by atoms with Crippen LogP contribution in [0.4, 0.5) is 4.79 Å². The lowest BCUT2D eigenvalue weighted by molar-refractivity contribution is -0.919. The summed E-state index contributed by atoms with van der Waals surface area (Å²) in [5.74, 6) is 2.86. The van der Waals surface area contributed by atoms with Crippen molar-refractivity contribution in [2.24, 2.45) is 23.5 Å². The molecule has 0 aromatic carbocycles. The molecule has 1 saturated heterocycles. The van der Waals surface area contributed by atoms with Gasteiger partial charge in [0.1, 0.15) is 12.2 Å². The molecule has 8 heteroatoms. The quantitative estimate of drug-likeness (QED) is 0.550. The smallest absolute Gasteiger partial charge is 0.312 e. The van der Waals surface area contributed by atoms with E-state index in [0.29, 0.717) is 5.82 Å². The number of hydrogen-bond donors (Lipinski definition) is 4. The van der Waals surface area contributed by atoms with E-state index in [1.165, 1.54) is 24.2 Å². The van der Waals surface area contributed by atoms with E-state index in [-0.39, 0.29) is 17.5 Å². The van der Waals surface area contributed by atoms with Crippen LogP contribution in [0.1, 0.15) is 67.7 Å². The summed E-state index contributed by atoms with van der Waals surface area (Å²) in [7, 11) is 0. The SMILES string of the molecule is NC(=O)NC1CC[NH+](Cc2nc(C(=O)NC34CC5CC(CC(C5)C3)C4)n3ccccc23)CC1. The topological polar surface area (TPSA) is 106 Å². The van der Waals surface area contributed by atoms with Gasteiger partial charge in [0.15, 0.2) is 0 Å². The van der Waals surface area contributed by atoms with E-state index < -0.39 is 6.03 Å². The molecule has 5 fully saturated rings. The monoisotopic (exact) mass is 451 g/mol. The van der Waals surface area contributed by atoms with Crippen LogP contribution in [0.5, 0.6) is 0 Å². The lowest BCUT2D eigenvalue weighted by Crippen LogP contribution is -3.12. The molecule has 5 N–H and O–H groups in total. The largest absolute Gasteiger partial charge is 0.352 e. The molecule has 5 aliphatic rings. The Morgan fingerprint density at radius 1 is 1.09 bits per heavy atom. The third-order valence-corrected chi connectivity index (χ3v) is 8.70. The highest BCUT2D eigenvalue weighted by Crippen LogP contribution is 2.55. The molecule has 0 atom stereocenters. The average molecular weight is 452 g/mol. The summed E-state index contributed by atoms with van der Waals surface area (Å²) in [4.78, 5) is 31.0. The van der Waals surface area contributed by atoms with Crippen molar-refractivity contribution in [3.63, 3.8) is 0 Å². The fourth-order valence-corrected chi connectivity index (χ4v) is 7.74. The molecule has 8 nitrogen and oxygen atoms in total. The van der Waals surface area contributed by atoms with Crippen LogP contribution in [0, 0.1) is 17.8 Å². The third kappa shape index (κ3) is 3.98. The molecule has 4 aliphatic carbocycles. The number of urea groups is 1. The number of quaternary nitrogens is 1. The highest BCUT2D eigenvalue weighted by atomic mass is 16.2. The predicted molar refractivity (Wildman–Crippen MR) is 124 cm³/mol. The summed E-state index contributed by atoms with van der Waals surface area (Å²) in [5, 5.41) is 6.32. The van der Waals surface area contributed by atoms with E-state index in [1.54, 1.807) is 0 Å². The van der Waals surface area contributed by atoms with Gasteiger partial charge < -0.3 is 21.3 Å². The molecule has 7 rings (SSSR count). The van der Waals surface area contributed by atoms with Gasteiger partial charge in [-0.25, -0.2) is 9.78 Å². The highest BCUT2D eigenvalue weighted by Gasteiger charge is 2.51. The maximum Gasteiger partial charge on any atom is 0.312 e. The van der Waals surface area contributed by atoms with Crippen LogP contribution in [0.2, 0.25) is 0 Å². The first-order valence-corrected chi connectivity index (χ1v) is 12.6. The molecule has 33 heavy (non-hydrogen) atoms. The predicted octanol–water partition coefficient (Wildman–Crippen LogP) is 1.25. The fraction of sp³-hybridized carbons (Fsp3) is 0.640. The van der Waals surface area contributed by atoms with Gasteiger partial charge in [-0.2, -0.15) is 0 Å². The third-order valence-electron chi connectivity index (χ3n) is 8.70. The number of carbonyl (C=O) groups is 2. The van der Waals surface area contributed by atoms with Crippen LogP contribution in [0.15, 0.2) is 24.4 Å². The lowest BCUT2D eigenvalue weighted by atomic mass is 9.53. The minimum Gasteiger partial charge on any atom is -0.352 e. The molecular weight excluding hydrogens is 416 g/mol. The number of rotatable bonds is 5. The molecule has 0 spiro atoms. The second-order valence-electron chi connectivity index (χ2n) is 11.2. The number of amides is 3. The summed E-state index contributed by atoms with van der Waals surface area (Å²) < 4.78 is 1.96. The van der Waals surface area contributed by atoms with Gasteiger partial charge in [-0.15, -0.1) is 0 Å². The lowest BCUT2D eigenvalue weighted by Gasteiger charge is -2.56. The zero-order valence-corrected chi connectivity index (χ0v) is 19.2. The van der Waals surface area contributed by atoms with Crippen molar-refractivity contribution in [1.29, 1.82) is 0 Å². The highest BCUT2D eigenvalue weighted by molar-refractivity contribution is 5.92. The number of imidazole rings is 1.